The normalized spacial score (nSPS) is 14.9. The van der Waals surface area contributed by atoms with Gasteiger partial charge in [0.1, 0.15) is 0 Å². The van der Waals surface area contributed by atoms with Crippen LogP contribution >= 0.6 is 0 Å². The van der Waals surface area contributed by atoms with Crippen LogP contribution in [0.4, 0.5) is 0 Å². The Hall–Kier alpha value is -2.78. The zero-order valence-corrected chi connectivity index (χ0v) is 20.1. The van der Waals surface area contributed by atoms with Crippen LogP contribution in [0.1, 0.15) is 47.4 Å². The average molecular weight is 492 g/mol. The van der Waals surface area contributed by atoms with Crippen LogP contribution in [0, 0.1) is 0 Å². The number of ketones is 2. The average Bonchev–Trinajstić information content (AvgIpc) is 3.48. The zero-order valence-electron chi connectivity index (χ0n) is 17.6. The van der Waals surface area contributed by atoms with Gasteiger partial charge in [0.05, 0.1) is 0 Å². The third-order valence-corrected chi connectivity index (χ3v) is 13.9. The second-order valence-corrected chi connectivity index (χ2v) is 14.8. The molecule has 2 aliphatic carbocycles. The summed E-state index contributed by atoms with van der Waals surface area (Å²) in [4.78, 5) is 24.6. The molecule has 4 nitrogen and oxygen atoms in total. The molecule has 0 N–H and O–H groups in total. The maximum atomic E-state index is 12.3. The van der Waals surface area contributed by atoms with E-state index in [9.17, 15) is 9.59 Å². The molecular formula is C26H24O4Zr. The molecule has 0 saturated heterocycles. The molecule has 0 radical (unpaired) electrons. The first-order valence-corrected chi connectivity index (χ1v) is 14.8. The van der Waals surface area contributed by atoms with Crippen LogP contribution in [-0.2, 0) is 21.1 Å². The van der Waals surface area contributed by atoms with Gasteiger partial charge in [-0.2, -0.15) is 0 Å². The first kappa shape index (κ1) is 21.5. The molecule has 0 bridgehead atoms. The van der Waals surface area contributed by atoms with Gasteiger partial charge in [-0.25, -0.2) is 0 Å². The standard InChI is InChI=1S/2C8H8O2.2C5H5.Zr/c2*1-6(9)7-4-2-3-5-8(7)10;2*1-2-4-5-3-1;/h2*2-5,10H,1H3;2*1-3H,4H2;/q;;;;+2/p-2. The van der Waals surface area contributed by atoms with Crippen LogP contribution in [0.5, 0.6) is 11.5 Å². The summed E-state index contributed by atoms with van der Waals surface area (Å²) < 4.78 is 15.9. The molecule has 0 unspecified atom stereocenters. The number of carbonyl (C=O) groups is 2. The predicted molar refractivity (Wildman–Crippen MR) is 118 cm³/mol. The van der Waals surface area contributed by atoms with E-state index in [-0.39, 0.29) is 11.6 Å². The Balaban J connectivity index is 1.88. The van der Waals surface area contributed by atoms with Crippen molar-refractivity contribution in [1.29, 1.82) is 0 Å². The Morgan fingerprint density at radius 3 is 1.48 bits per heavy atom. The SMILES string of the molecule is CC(=O)c1ccccc1[O][Zr]([O]c1ccccc1C(C)=O)([C]1=CC=CC1)[C]1=CC=CC1. The van der Waals surface area contributed by atoms with E-state index in [1.54, 1.807) is 12.1 Å². The van der Waals surface area contributed by atoms with Crippen molar-refractivity contribution < 1.29 is 36.4 Å². The van der Waals surface area contributed by atoms with Gasteiger partial charge >= 0.3 is 189 Å². The van der Waals surface area contributed by atoms with Crippen molar-refractivity contribution in [3.05, 3.63) is 103 Å². The molecular weight excluding hydrogens is 468 g/mol. The van der Waals surface area contributed by atoms with Gasteiger partial charge in [0, 0.05) is 0 Å². The summed E-state index contributed by atoms with van der Waals surface area (Å²) in [7, 11) is 0. The van der Waals surface area contributed by atoms with Crippen LogP contribution in [0.15, 0.2) is 91.5 Å². The number of rotatable bonds is 8. The van der Waals surface area contributed by atoms with E-state index < -0.39 is 21.1 Å². The third-order valence-electron chi connectivity index (χ3n) is 5.43. The molecule has 0 aromatic heterocycles. The molecule has 5 heteroatoms. The van der Waals surface area contributed by atoms with Crippen molar-refractivity contribution in [3.8, 4) is 11.5 Å². The molecule has 0 saturated carbocycles. The minimum absolute atomic E-state index is 0.0584. The maximum absolute atomic E-state index is 12.3. The summed E-state index contributed by atoms with van der Waals surface area (Å²) in [6, 6.07) is 14.6. The summed E-state index contributed by atoms with van der Waals surface area (Å²) in [5, 5.41) is 0. The fourth-order valence-electron chi connectivity index (χ4n) is 3.87. The van der Waals surface area contributed by atoms with Crippen molar-refractivity contribution in [2.24, 2.45) is 0 Å². The first-order chi connectivity index (χ1) is 15.0. The fourth-order valence-corrected chi connectivity index (χ4v) is 12.1. The van der Waals surface area contributed by atoms with Gasteiger partial charge in [-0.3, -0.25) is 0 Å². The fraction of sp³-hybridized carbons (Fsp3) is 0.154. The van der Waals surface area contributed by atoms with Gasteiger partial charge in [0.2, 0.25) is 0 Å². The van der Waals surface area contributed by atoms with Crippen molar-refractivity contribution >= 4 is 11.6 Å². The molecule has 156 valence electrons. The zero-order chi connectivity index (χ0) is 21.8. The van der Waals surface area contributed by atoms with Gasteiger partial charge in [0.15, 0.2) is 0 Å². The predicted octanol–water partition coefficient (Wildman–Crippen LogP) is 6.22. The Labute approximate surface area is 188 Å². The van der Waals surface area contributed by atoms with Crippen LogP contribution in [0.2, 0.25) is 0 Å². The van der Waals surface area contributed by atoms with Crippen LogP contribution < -0.4 is 5.63 Å². The van der Waals surface area contributed by atoms with E-state index in [2.05, 4.69) is 24.3 Å². The van der Waals surface area contributed by atoms with Crippen molar-refractivity contribution in [3.63, 3.8) is 0 Å². The Morgan fingerprint density at radius 1 is 0.710 bits per heavy atom. The molecule has 4 rings (SSSR count). The molecule has 2 aromatic rings. The number of benzene rings is 2. The van der Waals surface area contributed by atoms with Gasteiger partial charge < -0.3 is 0 Å². The summed E-state index contributed by atoms with van der Waals surface area (Å²) in [5.41, 5.74) is 1.07. The molecule has 0 heterocycles. The topological polar surface area (TPSA) is 52.6 Å². The molecule has 2 aromatic carbocycles. The van der Waals surface area contributed by atoms with Gasteiger partial charge in [0.25, 0.3) is 0 Å². The Morgan fingerprint density at radius 2 is 1.13 bits per heavy atom. The van der Waals surface area contributed by atoms with E-state index in [0.29, 0.717) is 22.6 Å². The van der Waals surface area contributed by atoms with Crippen LogP contribution in [-0.4, -0.2) is 11.6 Å². The van der Waals surface area contributed by atoms with E-state index in [0.717, 1.165) is 19.4 Å². The van der Waals surface area contributed by atoms with E-state index in [1.165, 1.54) is 13.8 Å². The summed E-state index contributed by atoms with van der Waals surface area (Å²) in [5.74, 6) is 0.951. The number of hydrogen-bond donors (Lipinski definition) is 0. The molecule has 0 fully saturated rings. The van der Waals surface area contributed by atoms with E-state index in [1.807, 2.05) is 48.6 Å². The molecule has 2 aliphatic rings. The van der Waals surface area contributed by atoms with Crippen molar-refractivity contribution in [1.82, 2.24) is 0 Å². The third kappa shape index (κ3) is 4.33. The Kier molecular flexibility index (Phi) is 6.34. The quantitative estimate of drug-likeness (QED) is 0.411. The number of carbonyl (C=O) groups excluding carboxylic acids is 2. The van der Waals surface area contributed by atoms with Gasteiger partial charge in [-0.1, -0.05) is 0 Å². The number of hydrogen-bond acceptors (Lipinski definition) is 4. The molecule has 0 aliphatic heterocycles. The van der Waals surface area contributed by atoms with Gasteiger partial charge in [-0.05, 0) is 0 Å². The minimum atomic E-state index is -4.29. The van der Waals surface area contributed by atoms with Crippen molar-refractivity contribution in [2.75, 3.05) is 0 Å². The van der Waals surface area contributed by atoms with Crippen LogP contribution in [0.25, 0.3) is 0 Å². The molecule has 0 amide bonds. The van der Waals surface area contributed by atoms with E-state index >= 15 is 0 Å². The number of para-hydroxylation sites is 2. The summed E-state index contributed by atoms with van der Waals surface area (Å²) in [6.07, 6.45) is 13.8. The van der Waals surface area contributed by atoms with Crippen molar-refractivity contribution in [2.45, 2.75) is 26.7 Å². The molecule has 0 spiro atoms. The van der Waals surface area contributed by atoms with Crippen LogP contribution in [0.3, 0.4) is 0 Å². The van der Waals surface area contributed by atoms with E-state index in [4.69, 9.17) is 5.63 Å². The number of Topliss-reactive ketones (excluding diaryl/α,β-unsaturated/α-hetero) is 2. The monoisotopic (exact) mass is 490 g/mol. The first-order valence-electron chi connectivity index (χ1n) is 10.3. The summed E-state index contributed by atoms with van der Waals surface area (Å²) in [6.45, 7) is 3.08. The number of allylic oxidation sites excluding steroid dienone is 8. The Bertz CT molecular complexity index is 1060. The molecule has 0 atom stereocenters. The second-order valence-electron chi connectivity index (χ2n) is 7.57. The second kappa shape index (κ2) is 9.15. The van der Waals surface area contributed by atoms with Gasteiger partial charge in [-0.15, -0.1) is 0 Å². The summed E-state index contributed by atoms with van der Waals surface area (Å²) >= 11 is -4.29. The molecule has 31 heavy (non-hydrogen) atoms.